The van der Waals surface area contributed by atoms with Gasteiger partial charge in [0.25, 0.3) is 5.56 Å². The van der Waals surface area contributed by atoms with Crippen LogP contribution in [0, 0.1) is 0 Å². The molecule has 0 spiro atoms. The van der Waals surface area contributed by atoms with Crippen molar-refractivity contribution < 1.29 is 19.4 Å². The normalized spacial score (nSPS) is 19.2. The van der Waals surface area contributed by atoms with Gasteiger partial charge in [-0.15, -0.1) is 0 Å². The van der Waals surface area contributed by atoms with Gasteiger partial charge >= 0.3 is 5.97 Å². The SMILES string of the molecule is CCOc1c2c(c(=O)n3c1-c1nc4ccc(N)cc4cc1C3)COC(=O)[C@]2(O)CC. The first-order valence-corrected chi connectivity index (χ1v) is 9.91. The zero-order valence-electron chi connectivity index (χ0n) is 16.7. The van der Waals surface area contributed by atoms with Crippen LogP contribution in [0.3, 0.4) is 0 Å². The molecule has 3 aromatic rings. The highest BCUT2D eigenvalue weighted by Gasteiger charge is 2.48. The van der Waals surface area contributed by atoms with Crippen molar-refractivity contribution in [1.82, 2.24) is 9.55 Å². The molecule has 2 aromatic heterocycles. The van der Waals surface area contributed by atoms with Gasteiger partial charge in [-0.05, 0) is 37.6 Å². The van der Waals surface area contributed by atoms with Crippen LogP contribution < -0.4 is 16.0 Å². The summed E-state index contributed by atoms with van der Waals surface area (Å²) in [4.78, 5) is 30.6. The summed E-state index contributed by atoms with van der Waals surface area (Å²) in [7, 11) is 0. The molecule has 0 amide bonds. The van der Waals surface area contributed by atoms with Crippen LogP contribution in [0.2, 0.25) is 0 Å². The lowest BCUT2D eigenvalue weighted by molar-refractivity contribution is -0.172. The molecule has 1 aromatic carbocycles. The summed E-state index contributed by atoms with van der Waals surface area (Å²) in [5, 5.41) is 12.1. The van der Waals surface area contributed by atoms with Crippen LogP contribution in [0.15, 0.2) is 29.1 Å². The molecule has 0 bridgehead atoms. The van der Waals surface area contributed by atoms with E-state index in [0.717, 1.165) is 16.5 Å². The predicted octanol–water partition coefficient (Wildman–Crippen LogP) is 2.06. The van der Waals surface area contributed by atoms with E-state index in [1.54, 1.807) is 17.6 Å². The molecule has 5 rings (SSSR count). The monoisotopic (exact) mass is 407 g/mol. The van der Waals surface area contributed by atoms with E-state index in [1.807, 2.05) is 25.1 Å². The van der Waals surface area contributed by atoms with E-state index in [-0.39, 0.29) is 29.7 Å². The maximum absolute atomic E-state index is 13.3. The van der Waals surface area contributed by atoms with Crippen molar-refractivity contribution in [3.8, 4) is 17.1 Å². The molecule has 4 heterocycles. The van der Waals surface area contributed by atoms with Crippen molar-refractivity contribution in [2.24, 2.45) is 0 Å². The number of nitrogens with zero attached hydrogens (tertiary/aromatic N) is 2. The number of aliphatic hydroxyl groups is 1. The second kappa shape index (κ2) is 6.30. The number of nitrogens with two attached hydrogens (primary N) is 1. The molecule has 1 atom stereocenters. The molecule has 0 aliphatic carbocycles. The van der Waals surface area contributed by atoms with Crippen molar-refractivity contribution in [1.29, 1.82) is 0 Å². The van der Waals surface area contributed by atoms with Gasteiger partial charge in [0.1, 0.15) is 12.3 Å². The number of benzene rings is 1. The number of rotatable bonds is 3. The number of anilines is 1. The molecule has 2 aliphatic heterocycles. The largest absolute Gasteiger partial charge is 0.491 e. The number of carbonyl (C=O) groups excluding carboxylic acids is 1. The molecule has 30 heavy (non-hydrogen) atoms. The average molecular weight is 407 g/mol. The Balaban J connectivity index is 1.88. The molecule has 0 fully saturated rings. The molecule has 3 N–H and O–H groups in total. The average Bonchev–Trinajstić information content (AvgIpc) is 3.10. The zero-order valence-corrected chi connectivity index (χ0v) is 16.7. The fraction of sp³-hybridized carbons (Fsp3) is 0.318. The van der Waals surface area contributed by atoms with Crippen LogP contribution in [0.25, 0.3) is 22.3 Å². The molecular weight excluding hydrogens is 386 g/mol. The maximum Gasteiger partial charge on any atom is 0.343 e. The van der Waals surface area contributed by atoms with E-state index in [0.29, 0.717) is 36.0 Å². The van der Waals surface area contributed by atoms with Gasteiger partial charge in [0.15, 0.2) is 11.4 Å². The number of ether oxygens (including phenoxy) is 2. The Labute approximate surface area is 171 Å². The lowest BCUT2D eigenvalue weighted by Gasteiger charge is -2.33. The third kappa shape index (κ3) is 2.34. The van der Waals surface area contributed by atoms with E-state index in [9.17, 15) is 14.7 Å². The van der Waals surface area contributed by atoms with Crippen molar-refractivity contribution in [2.45, 2.75) is 39.0 Å². The first-order valence-electron chi connectivity index (χ1n) is 9.91. The minimum Gasteiger partial charge on any atom is -0.491 e. The van der Waals surface area contributed by atoms with Crippen molar-refractivity contribution in [2.75, 3.05) is 12.3 Å². The third-order valence-corrected chi connectivity index (χ3v) is 5.89. The lowest BCUT2D eigenvalue weighted by Crippen LogP contribution is -2.45. The quantitative estimate of drug-likeness (QED) is 0.394. The summed E-state index contributed by atoms with van der Waals surface area (Å²) < 4.78 is 12.7. The van der Waals surface area contributed by atoms with Gasteiger partial charge in [0, 0.05) is 16.6 Å². The number of esters is 1. The van der Waals surface area contributed by atoms with Crippen LogP contribution in [0.4, 0.5) is 5.69 Å². The van der Waals surface area contributed by atoms with Crippen molar-refractivity contribution >= 4 is 22.6 Å². The second-order valence-electron chi connectivity index (χ2n) is 7.59. The van der Waals surface area contributed by atoms with E-state index in [4.69, 9.17) is 20.2 Å². The summed E-state index contributed by atoms with van der Waals surface area (Å²) in [5.74, 6) is -0.461. The van der Waals surface area contributed by atoms with E-state index < -0.39 is 11.6 Å². The Morgan fingerprint density at radius 2 is 2.10 bits per heavy atom. The van der Waals surface area contributed by atoms with Crippen LogP contribution in [0.1, 0.15) is 37.0 Å². The highest BCUT2D eigenvalue weighted by molar-refractivity contribution is 5.90. The number of aromatic nitrogens is 2. The van der Waals surface area contributed by atoms with Crippen LogP contribution in [-0.4, -0.2) is 27.2 Å². The Morgan fingerprint density at radius 3 is 2.83 bits per heavy atom. The molecular formula is C22H21N3O5. The molecule has 2 aliphatic rings. The second-order valence-corrected chi connectivity index (χ2v) is 7.59. The van der Waals surface area contributed by atoms with Gasteiger partial charge in [-0.2, -0.15) is 0 Å². The summed E-state index contributed by atoms with van der Waals surface area (Å²) >= 11 is 0. The van der Waals surface area contributed by atoms with Gasteiger partial charge < -0.3 is 20.3 Å². The third-order valence-electron chi connectivity index (χ3n) is 5.89. The number of cyclic esters (lactones) is 1. The van der Waals surface area contributed by atoms with Crippen LogP contribution >= 0.6 is 0 Å². The maximum atomic E-state index is 13.3. The number of nitrogen functional groups attached to an aromatic ring is 1. The summed E-state index contributed by atoms with van der Waals surface area (Å²) in [6.07, 6.45) is 0.0546. The van der Waals surface area contributed by atoms with Crippen molar-refractivity contribution in [3.05, 3.63) is 51.3 Å². The predicted molar refractivity (Wildman–Crippen MR) is 110 cm³/mol. The smallest absolute Gasteiger partial charge is 0.343 e. The minimum absolute atomic E-state index is 0.0546. The van der Waals surface area contributed by atoms with Gasteiger partial charge in [0.05, 0.1) is 35.5 Å². The summed E-state index contributed by atoms with van der Waals surface area (Å²) in [6, 6.07) is 7.39. The molecule has 0 saturated heterocycles. The number of carbonyl (C=O) groups is 1. The van der Waals surface area contributed by atoms with Gasteiger partial charge in [-0.25, -0.2) is 9.78 Å². The molecule has 8 heteroatoms. The Kier molecular flexibility index (Phi) is 3.91. The molecule has 0 saturated carbocycles. The van der Waals surface area contributed by atoms with Crippen LogP contribution in [0.5, 0.6) is 5.75 Å². The molecule has 154 valence electrons. The number of fused-ring (bicyclic) bond motifs is 5. The van der Waals surface area contributed by atoms with Crippen molar-refractivity contribution in [3.63, 3.8) is 0 Å². The number of pyridine rings is 2. The molecule has 0 unspecified atom stereocenters. The zero-order chi connectivity index (χ0) is 21.2. The lowest BCUT2D eigenvalue weighted by atomic mass is 9.85. The highest BCUT2D eigenvalue weighted by atomic mass is 16.6. The fourth-order valence-electron chi connectivity index (χ4n) is 4.41. The van der Waals surface area contributed by atoms with Gasteiger partial charge in [0.2, 0.25) is 0 Å². The standard InChI is InChI=1S/C22H21N3O5/c1-3-22(28)16-14(10-30-21(22)27)20(26)25-9-12-7-11-8-13(23)5-6-15(11)24-17(12)18(25)19(16)29-4-2/h5-8,28H,3-4,9-10,23H2,1-2H3/t22-/m0/s1. The number of hydrogen-bond donors (Lipinski definition) is 2. The van der Waals surface area contributed by atoms with Crippen LogP contribution in [-0.2, 0) is 28.3 Å². The Bertz CT molecular complexity index is 1300. The first-order chi connectivity index (χ1) is 14.4. The fourth-order valence-corrected chi connectivity index (χ4v) is 4.41. The molecule has 8 nitrogen and oxygen atoms in total. The Hall–Kier alpha value is -3.39. The van der Waals surface area contributed by atoms with E-state index in [1.165, 1.54) is 0 Å². The highest BCUT2D eigenvalue weighted by Crippen LogP contribution is 2.46. The number of hydrogen-bond acceptors (Lipinski definition) is 7. The van der Waals surface area contributed by atoms with Gasteiger partial charge in [-0.3, -0.25) is 9.36 Å². The topological polar surface area (TPSA) is 117 Å². The Morgan fingerprint density at radius 1 is 1.30 bits per heavy atom. The molecule has 0 radical (unpaired) electrons. The van der Waals surface area contributed by atoms with Gasteiger partial charge in [-0.1, -0.05) is 6.92 Å². The summed E-state index contributed by atoms with van der Waals surface area (Å²) in [6.45, 7) is 3.89. The first kappa shape index (κ1) is 18.6. The van der Waals surface area contributed by atoms with E-state index in [2.05, 4.69) is 0 Å². The minimum atomic E-state index is -1.94. The summed E-state index contributed by atoms with van der Waals surface area (Å²) in [5.41, 5.74) is 7.39. The van der Waals surface area contributed by atoms with E-state index >= 15 is 0 Å².